The minimum Gasteiger partial charge on any atom is -0.493 e. The first-order valence-electron chi connectivity index (χ1n) is 7.27. The molecule has 0 amide bonds. The number of hydrogen-bond donors (Lipinski definition) is 1. The Hall–Kier alpha value is -2.29. The zero-order valence-corrected chi connectivity index (χ0v) is 12.1. The number of nitrogen functional groups attached to an aromatic ring is 1. The number of ketones is 1. The van der Waals surface area contributed by atoms with Crippen LogP contribution in [0.3, 0.4) is 0 Å². The van der Waals surface area contributed by atoms with Crippen LogP contribution in [0.25, 0.3) is 0 Å². The van der Waals surface area contributed by atoms with E-state index in [1.807, 2.05) is 43.3 Å². The van der Waals surface area contributed by atoms with Crippen molar-refractivity contribution < 1.29 is 9.53 Å². The predicted molar refractivity (Wildman–Crippen MR) is 83.8 cm³/mol. The van der Waals surface area contributed by atoms with Gasteiger partial charge in [-0.05, 0) is 42.5 Å². The molecule has 3 nitrogen and oxygen atoms in total. The molecule has 2 N–H and O–H groups in total. The molecule has 0 spiro atoms. The Morgan fingerprint density at radius 2 is 2.05 bits per heavy atom. The van der Waals surface area contributed by atoms with E-state index in [-0.39, 0.29) is 11.7 Å². The Kier molecular flexibility index (Phi) is 3.65. The van der Waals surface area contributed by atoms with Crippen LogP contribution in [0.5, 0.6) is 5.75 Å². The molecule has 1 aliphatic heterocycles. The van der Waals surface area contributed by atoms with Crippen molar-refractivity contribution >= 4 is 11.5 Å². The van der Waals surface area contributed by atoms with Crippen LogP contribution in [-0.4, -0.2) is 12.4 Å². The minimum atomic E-state index is 0.154. The third-order valence-electron chi connectivity index (χ3n) is 4.19. The molecule has 1 unspecified atom stereocenters. The van der Waals surface area contributed by atoms with Gasteiger partial charge >= 0.3 is 0 Å². The molecular weight excluding hydrogens is 262 g/mol. The van der Waals surface area contributed by atoms with Gasteiger partial charge in [0.2, 0.25) is 0 Å². The van der Waals surface area contributed by atoms with Crippen molar-refractivity contribution in [1.29, 1.82) is 0 Å². The highest BCUT2D eigenvalue weighted by molar-refractivity contribution is 5.99. The summed E-state index contributed by atoms with van der Waals surface area (Å²) in [5.74, 6) is 1.29. The lowest BCUT2D eigenvalue weighted by atomic mass is 9.86. The van der Waals surface area contributed by atoms with Crippen LogP contribution in [-0.2, 0) is 0 Å². The molecule has 1 atom stereocenters. The highest BCUT2D eigenvalue weighted by atomic mass is 16.5. The number of carbonyl (C=O) groups excluding carboxylic acids is 1. The van der Waals surface area contributed by atoms with Crippen molar-refractivity contribution in [3.8, 4) is 5.75 Å². The summed E-state index contributed by atoms with van der Waals surface area (Å²) in [6, 6.07) is 13.5. The van der Waals surface area contributed by atoms with Gasteiger partial charge in [0.05, 0.1) is 6.61 Å². The van der Waals surface area contributed by atoms with Crippen LogP contribution in [0.2, 0.25) is 0 Å². The first kappa shape index (κ1) is 13.7. The molecule has 1 aliphatic rings. The van der Waals surface area contributed by atoms with E-state index in [1.165, 1.54) is 0 Å². The van der Waals surface area contributed by atoms with Gasteiger partial charge in [-0.1, -0.05) is 30.3 Å². The summed E-state index contributed by atoms with van der Waals surface area (Å²) in [6.45, 7) is 2.57. The number of nitrogens with two attached hydrogens (primary N) is 1. The molecule has 0 aromatic heterocycles. The Morgan fingerprint density at radius 3 is 2.90 bits per heavy atom. The summed E-state index contributed by atoms with van der Waals surface area (Å²) >= 11 is 0. The second-order valence-corrected chi connectivity index (χ2v) is 5.52. The number of Topliss-reactive ketones (excluding diaryl/α,β-unsaturated/α-hetero) is 1. The SMILES string of the molecule is Cc1c(N)cccc1C(=O)CC1CCOc2ccccc21. The van der Waals surface area contributed by atoms with Gasteiger partial charge in [0.25, 0.3) is 0 Å². The predicted octanol–water partition coefficient (Wildman–Crippen LogP) is 3.72. The maximum atomic E-state index is 12.6. The molecule has 0 fully saturated rings. The number of hydrogen-bond acceptors (Lipinski definition) is 3. The zero-order valence-electron chi connectivity index (χ0n) is 12.1. The summed E-state index contributed by atoms with van der Waals surface area (Å²) in [5.41, 5.74) is 9.32. The van der Waals surface area contributed by atoms with E-state index in [1.54, 1.807) is 0 Å². The molecule has 0 radical (unpaired) electrons. The fraction of sp³-hybridized carbons (Fsp3) is 0.278. The summed E-state index contributed by atoms with van der Waals surface area (Å²) < 4.78 is 5.65. The fourth-order valence-electron chi connectivity index (χ4n) is 2.92. The molecule has 21 heavy (non-hydrogen) atoms. The van der Waals surface area contributed by atoms with Crippen molar-refractivity contribution in [3.05, 3.63) is 59.2 Å². The number of fused-ring (bicyclic) bond motifs is 1. The van der Waals surface area contributed by atoms with Crippen molar-refractivity contribution in [2.24, 2.45) is 0 Å². The monoisotopic (exact) mass is 281 g/mol. The van der Waals surface area contributed by atoms with Crippen molar-refractivity contribution in [3.63, 3.8) is 0 Å². The maximum Gasteiger partial charge on any atom is 0.163 e. The summed E-state index contributed by atoms with van der Waals surface area (Å²) in [5, 5.41) is 0. The fourth-order valence-corrected chi connectivity index (χ4v) is 2.92. The second kappa shape index (κ2) is 5.60. The molecule has 2 aromatic carbocycles. The largest absolute Gasteiger partial charge is 0.493 e. The Balaban J connectivity index is 1.85. The number of benzene rings is 2. The Labute approximate surface area is 124 Å². The van der Waals surface area contributed by atoms with E-state index in [9.17, 15) is 4.79 Å². The molecule has 0 saturated carbocycles. The van der Waals surface area contributed by atoms with Crippen molar-refractivity contribution in [2.45, 2.75) is 25.7 Å². The molecule has 3 heteroatoms. The van der Waals surface area contributed by atoms with E-state index in [4.69, 9.17) is 10.5 Å². The van der Waals surface area contributed by atoms with Crippen LogP contribution < -0.4 is 10.5 Å². The average Bonchev–Trinajstić information content (AvgIpc) is 2.50. The molecular formula is C18H19NO2. The smallest absolute Gasteiger partial charge is 0.163 e. The first-order valence-corrected chi connectivity index (χ1v) is 7.27. The molecule has 0 aliphatic carbocycles. The van der Waals surface area contributed by atoms with E-state index in [0.29, 0.717) is 18.7 Å². The first-order chi connectivity index (χ1) is 10.2. The highest BCUT2D eigenvalue weighted by Crippen LogP contribution is 2.36. The van der Waals surface area contributed by atoms with Crippen molar-refractivity contribution in [2.75, 3.05) is 12.3 Å². The van der Waals surface area contributed by atoms with Crippen LogP contribution in [0.1, 0.15) is 40.2 Å². The number of rotatable bonds is 3. The van der Waals surface area contributed by atoms with Gasteiger partial charge in [0, 0.05) is 17.7 Å². The molecule has 0 saturated heterocycles. The molecule has 1 heterocycles. The van der Waals surface area contributed by atoms with E-state index < -0.39 is 0 Å². The Bertz CT molecular complexity index is 679. The van der Waals surface area contributed by atoms with Gasteiger partial charge in [-0.3, -0.25) is 4.79 Å². The van der Waals surface area contributed by atoms with Crippen molar-refractivity contribution in [1.82, 2.24) is 0 Å². The summed E-state index contributed by atoms with van der Waals surface area (Å²) in [6.07, 6.45) is 1.38. The zero-order chi connectivity index (χ0) is 14.8. The van der Waals surface area contributed by atoms with Crippen LogP contribution >= 0.6 is 0 Å². The van der Waals surface area contributed by atoms with Gasteiger partial charge in [-0.25, -0.2) is 0 Å². The van der Waals surface area contributed by atoms with E-state index >= 15 is 0 Å². The van der Waals surface area contributed by atoms with E-state index in [0.717, 1.165) is 28.9 Å². The standard InChI is InChI=1S/C18H19NO2/c1-12-14(6-4-7-16(12)19)17(20)11-13-9-10-21-18-8-3-2-5-15(13)18/h2-8,13H,9-11,19H2,1H3. The van der Waals surface area contributed by atoms with Crippen LogP contribution in [0.4, 0.5) is 5.69 Å². The summed E-state index contributed by atoms with van der Waals surface area (Å²) in [4.78, 5) is 12.6. The normalized spacial score (nSPS) is 16.9. The second-order valence-electron chi connectivity index (χ2n) is 5.52. The van der Waals surface area contributed by atoms with Gasteiger partial charge in [-0.15, -0.1) is 0 Å². The molecule has 2 aromatic rings. The number of carbonyl (C=O) groups is 1. The van der Waals surface area contributed by atoms with Gasteiger partial charge in [-0.2, -0.15) is 0 Å². The van der Waals surface area contributed by atoms with Gasteiger partial charge < -0.3 is 10.5 Å². The number of ether oxygens (including phenoxy) is 1. The van der Waals surface area contributed by atoms with Crippen LogP contribution in [0, 0.1) is 6.92 Å². The maximum absolute atomic E-state index is 12.6. The van der Waals surface area contributed by atoms with Gasteiger partial charge in [0.1, 0.15) is 5.75 Å². The highest BCUT2D eigenvalue weighted by Gasteiger charge is 2.24. The van der Waals surface area contributed by atoms with Crippen LogP contribution in [0.15, 0.2) is 42.5 Å². The average molecular weight is 281 g/mol. The molecule has 3 rings (SSSR count). The number of para-hydroxylation sites is 1. The number of anilines is 1. The lowest BCUT2D eigenvalue weighted by Crippen LogP contribution is -2.17. The summed E-state index contributed by atoms with van der Waals surface area (Å²) in [7, 11) is 0. The molecule has 0 bridgehead atoms. The quantitative estimate of drug-likeness (QED) is 0.689. The lowest BCUT2D eigenvalue weighted by Gasteiger charge is -2.25. The minimum absolute atomic E-state index is 0.154. The van der Waals surface area contributed by atoms with Gasteiger partial charge in [0.15, 0.2) is 5.78 Å². The third-order valence-corrected chi connectivity index (χ3v) is 4.19. The Morgan fingerprint density at radius 1 is 1.24 bits per heavy atom. The third kappa shape index (κ3) is 2.64. The topological polar surface area (TPSA) is 52.3 Å². The molecule has 108 valence electrons. The lowest BCUT2D eigenvalue weighted by molar-refractivity contribution is 0.0965. The van der Waals surface area contributed by atoms with E-state index in [2.05, 4.69) is 6.07 Å².